The van der Waals surface area contributed by atoms with Crippen LogP contribution in [0.2, 0.25) is 0 Å². The molecule has 0 aliphatic carbocycles. The van der Waals surface area contributed by atoms with E-state index in [4.69, 9.17) is 18.9 Å². The molecular formula is C26H23N3O5. The Labute approximate surface area is 197 Å². The lowest BCUT2D eigenvalue weighted by Crippen LogP contribution is -2.11. The molecule has 0 fully saturated rings. The standard InChI is InChI=1S/C26H23N3O5/c1-31-20-5-4-6-21(16-20)34-25-14-12-22(28-29-25)17-7-9-18(10-8-17)26(30)27-19-11-13-23(32-2)24(15-19)33-3/h4-16H,1-3H3,(H,27,30). The van der Waals surface area contributed by atoms with Gasteiger partial charge in [-0.05, 0) is 42.5 Å². The van der Waals surface area contributed by atoms with Crippen LogP contribution in [0.4, 0.5) is 5.69 Å². The number of nitrogens with zero attached hydrogens (tertiary/aromatic N) is 2. The summed E-state index contributed by atoms with van der Waals surface area (Å²) in [4.78, 5) is 12.6. The predicted octanol–water partition coefficient (Wildman–Crippen LogP) is 5.21. The lowest BCUT2D eigenvalue weighted by molar-refractivity contribution is 0.102. The Bertz CT molecular complexity index is 1270. The van der Waals surface area contributed by atoms with Crippen LogP contribution >= 0.6 is 0 Å². The Hall–Kier alpha value is -4.59. The van der Waals surface area contributed by atoms with Crippen LogP contribution in [0.15, 0.2) is 78.9 Å². The minimum Gasteiger partial charge on any atom is -0.497 e. The molecule has 1 aromatic heterocycles. The van der Waals surface area contributed by atoms with Crippen molar-refractivity contribution in [1.82, 2.24) is 10.2 Å². The minimum atomic E-state index is -0.244. The van der Waals surface area contributed by atoms with Gasteiger partial charge in [-0.25, -0.2) is 0 Å². The van der Waals surface area contributed by atoms with Crippen molar-refractivity contribution >= 4 is 11.6 Å². The van der Waals surface area contributed by atoms with Gasteiger partial charge in [0, 0.05) is 35.0 Å². The lowest BCUT2D eigenvalue weighted by atomic mass is 10.1. The van der Waals surface area contributed by atoms with Crippen molar-refractivity contribution in [2.75, 3.05) is 26.6 Å². The van der Waals surface area contributed by atoms with Gasteiger partial charge in [0.1, 0.15) is 11.5 Å². The summed E-state index contributed by atoms with van der Waals surface area (Å²) >= 11 is 0. The molecule has 4 aromatic rings. The number of carbonyl (C=O) groups excluding carboxylic acids is 1. The van der Waals surface area contributed by atoms with Gasteiger partial charge in [0.05, 0.1) is 27.0 Å². The van der Waals surface area contributed by atoms with Gasteiger partial charge in [-0.15, -0.1) is 10.2 Å². The molecule has 0 saturated carbocycles. The Kier molecular flexibility index (Phi) is 6.88. The van der Waals surface area contributed by atoms with Crippen molar-refractivity contribution in [2.24, 2.45) is 0 Å². The molecule has 3 aromatic carbocycles. The highest BCUT2D eigenvalue weighted by molar-refractivity contribution is 6.04. The summed E-state index contributed by atoms with van der Waals surface area (Å²) in [5, 5.41) is 11.2. The highest BCUT2D eigenvalue weighted by Gasteiger charge is 2.10. The van der Waals surface area contributed by atoms with Crippen molar-refractivity contribution in [3.8, 4) is 40.1 Å². The van der Waals surface area contributed by atoms with E-state index in [1.807, 2.05) is 30.3 Å². The molecule has 1 amide bonds. The van der Waals surface area contributed by atoms with Crippen LogP contribution in [0, 0.1) is 0 Å². The Morgan fingerprint density at radius 3 is 2.18 bits per heavy atom. The van der Waals surface area contributed by atoms with E-state index < -0.39 is 0 Å². The normalized spacial score (nSPS) is 10.3. The van der Waals surface area contributed by atoms with Crippen LogP contribution < -0.4 is 24.3 Å². The number of hydrogen-bond acceptors (Lipinski definition) is 7. The zero-order valence-corrected chi connectivity index (χ0v) is 18.9. The number of methoxy groups -OCH3 is 3. The molecule has 8 heteroatoms. The van der Waals surface area contributed by atoms with E-state index in [1.54, 1.807) is 69.9 Å². The Morgan fingerprint density at radius 2 is 1.50 bits per heavy atom. The number of aromatic nitrogens is 2. The van der Waals surface area contributed by atoms with Gasteiger partial charge in [-0.2, -0.15) is 0 Å². The summed E-state index contributed by atoms with van der Waals surface area (Å²) in [5.74, 6) is 2.54. The zero-order valence-electron chi connectivity index (χ0n) is 18.9. The largest absolute Gasteiger partial charge is 0.497 e. The number of nitrogens with one attached hydrogen (secondary N) is 1. The van der Waals surface area contributed by atoms with Crippen molar-refractivity contribution < 1.29 is 23.7 Å². The SMILES string of the molecule is COc1cccc(Oc2ccc(-c3ccc(C(=O)Nc4ccc(OC)c(OC)c4)cc3)nn2)c1. The first-order chi connectivity index (χ1) is 16.6. The molecule has 0 spiro atoms. The van der Waals surface area contributed by atoms with E-state index in [0.717, 1.165) is 5.56 Å². The topological polar surface area (TPSA) is 91.8 Å². The molecule has 0 atom stereocenters. The molecule has 0 saturated heterocycles. The number of ether oxygens (including phenoxy) is 4. The fraction of sp³-hybridized carbons (Fsp3) is 0.115. The number of rotatable bonds is 8. The van der Waals surface area contributed by atoms with Gasteiger partial charge in [-0.1, -0.05) is 18.2 Å². The first kappa shape index (κ1) is 22.6. The summed E-state index contributed by atoms with van der Waals surface area (Å²) < 4.78 is 21.4. The van der Waals surface area contributed by atoms with Gasteiger partial charge >= 0.3 is 0 Å². The third-order valence-electron chi connectivity index (χ3n) is 4.99. The van der Waals surface area contributed by atoms with Gasteiger partial charge in [0.2, 0.25) is 5.88 Å². The van der Waals surface area contributed by atoms with E-state index in [9.17, 15) is 4.79 Å². The van der Waals surface area contributed by atoms with Crippen molar-refractivity contribution in [1.29, 1.82) is 0 Å². The molecule has 172 valence electrons. The summed E-state index contributed by atoms with van der Waals surface area (Å²) in [6.45, 7) is 0. The minimum absolute atomic E-state index is 0.244. The maximum absolute atomic E-state index is 12.6. The summed E-state index contributed by atoms with van der Waals surface area (Å²) in [7, 11) is 4.70. The van der Waals surface area contributed by atoms with Gasteiger partial charge in [0.25, 0.3) is 5.91 Å². The van der Waals surface area contributed by atoms with E-state index in [0.29, 0.717) is 45.8 Å². The lowest BCUT2D eigenvalue weighted by Gasteiger charge is -2.11. The molecule has 1 N–H and O–H groups in total. The van der Waals surface area contributed by atoms with Crippen LogP contribution in [0.25, 0.3) is 11.3 Å². The molecule has 1 heterocycles. The predicted molar refractivity (Wildman–Crippen MR) is 128 cm³/mol. The molecule has 4 rings (SSSR count). The van der Waals surface area contributed by atoms with E-state index in [-0.39, 0.29) is 5.91 Å². The average molecular weight is 457 g/mol. The third kappa shape index (κ3) is 5.24. The molecule has 0 bridgehead atoms. The second-order valence-electron chi connectivity index (χ2n) is 7.14. The van der Waals surface area contributed by atoms with Crippen LogP contribution in [0.1, 0.15) is 10.4 Å². The molecule has 0 aliphatic rings. The molecular weight excluding hydrogens is 434 g/mol. The van der Waals surface area contributed by atoms with Gasteiger partial charge in [-0.3, -0.25) is 4.79 Å². The number of amides is 1. The Morgan fingerprint density at radius 1 is 0.735 bits per heavy atom. The summed E-state index contributed by atoms with van der Waals surface area (Å²) in [6, 6.07) is 23.1. The van der Waals surface area contributed by atoms with Gasteiger partial charge < -0.3 is 24.3 Å². The maximum atomic E-state index is 12.6. The number of anilines is 1. The monoisotopic (exact) mass is 457 g/mol. The van der Waals surface area contributed by atoms with Crippen molar-refractivity contribution in [2.45, 2.75) is 0 Å². The third-order valence-corrected chi connectivity index (χ3v) is 4.99. The number of hydrogen-bond donors (Lipinski definition) is 1. The quantitative estimate of drug-likeness (QED) is 0.388. The molecule has 0 radical (unpaired) electrons. The average Bonchev–Trinajstić information content (AvgIpc) is 2.89. The second-order valence-corrected chi connectivity index (χ2v) is 7.14. The number of benzene rings is 3. The number of carbonyl (C=O) groups is 1. The molecule has 34 heavy (non-hydrogen) atoms. The summed E-state index contributed by atoms with van der Waals surface area (Å²) in [6.07, 6.45) is 0. The summed E-state index contributed by atoms with van der Waals surface area (Å²) in [5.41, 5.74) is 2.58. The van der Waals surface area contributed by atoms with E-state index in [2.05, 4.69) is 15.5 Å². The van der Waals surface area contributed by atoms with Crippen molar-refractivity contribution in [3.63, 3.8) is 0 Å². The first-order valence-electron chi connectivity index (χ1n) is 10.4. The van der Waals surface area contributed by atoms with Gasteiger partial charge in [0.15, 0.2) is 11.5 Å². The molecule has 8 nitrogen and oxygen atoms in total. The second kappa shape index (κ2) is 10.4. The van der Waals surface area contributed by atoms with Crippen LogP contribution in [0.5, 0.6) is 28.9 Å². The fourth-order valence-electron chi connectivity index (χ4n) is 3.22. The first-order valence-corrected chi connectivity index (χ1v) is 10.4. The fourth-order valence-corrected chi connectivity index (χ4v) is 3.22. The van der Waals surface area contributed by atoms with E-state index >= 15 is 0 Å². The molecule has 0 aliphatic heterocycles. The highest BCUT2D eigenvalue weighted by atomic mass is 16.5. The van der Waals surface area contributed by atoms with Crippen LogP contribution in [0.3, 0.4) is 0 Å². The van der Waals surface area contributed by atoms with Crippen LogP contribution in [-0.2, 0) is 0 Å². The van der Waals surface area contributed by atoms with Crippen molar-refractivity contribution in [3.05, 3.63) is 84.4 Å². The highest BCUT2D eigenvalue weighted by Crippen LogP contribution is 2.30. The molecule has 0 unspecified atom stereocenters. The van der Waals surface area contributed by atoms with E-state index in [1.165, 1.54) is 0 Å². The zero-order chi connectivity index (χ0) is 23.9. The maximum Gasteiger partial charge on any atom is 0.255 e. The Balaban J connectivity index is 1.42. The van der Waals surface area contributed by atoms with Crippen LogP contribution in [-0.4, -0.2) is 37.4 Å². The smallest absolute Gasteiger partial charge is 0.255 e.